The van der Waals surface area contributed by atoms with E-state index >= 15 is 0 Å². The second-order valence-electron chi connectivity index (χ2n) is 7.62. The third-order valence-corrected chi connectivity index (χ3v) is 5.06. The van der Waals surface area contributed by atoms with Gasteiger partial charge in [-0.25, -0.2) is 9.07 Å². The number of piperazine rings is 1. The first kappa shape index (κ1) is 17.9. The van der Waals surface area contributed by atoms with Crippen LogP contribution in [0.2, 0.25) is 0 Å². The summed E-state index contributed by atoms with van der Waals surface area (Å²) in [4.78, 5) is 3.17. The Labute approximate surface area is 148 Å². The van der Waals surface area contributed by atoms with Crippen molar-refractivity contribution in [2.45, 2.75) is 32.9 Å². The fraction of sp³-hybridized carbons (Fsp3) is 0.611. The molecule has 2 N–H and O–H groups in total. The van der Waals surface area contributed by atoms with E-state index in [1.807, 2.05) is 4.68 Å². The molecule has 0 radical (unpaired) electrons. The summed E-state index contributed by atoms with van der Waals surface area (Å²) in [6.07, 6.45) is 1.07. The molecule has 1 aliphatic rings. The van der Waals surface area contributed by atoms with Gasteiger partial charge in [-0.1, -0.05) is 26.0 Å². The normalized spacial score (nSPS) is 22.3. The molecule has 136 valence electrons. The summed E-state index contributed by atoms with van der Waals surface area (Å²) in [5.41, 5.74) is 1.01. The van der Waals surface area contributed by atoms with Crippen LogP contribution in [0.4, 0.5) is 4.39 Å². The molecule has 1 atom stereocenters. The van der Waals surface area contributed by atoms with Gasteiger partial charge in [0.05, 0.1) is 13.6 Å². The predicted octanol–water partition coefficient (Wildman–Crippen LogP) is -0.639. The van der Waals surface area contributed by atoms with Gasteiger partial charge in [0, 0.05) is 6.42 Å². The molecular formula is C18H29FN6+2. The fourth-order valence-corrected chi connectivity index (χ4v) is 3.61. The predicted molar refractivity (Wildman–Crippen MR) is 92.8 cm³/mol. The Morgan fingerprint density at radius 1 is 1.12 bits per heavy atom. The number of quaternary nitrogens is 2. The lowest BCUT2D eigenvalue weighted by Gasteiger charge is -2.33. The van der Waals surface area contributed by atoms with Crippen molar-refractivity contribution < 1.29 is 14.2 Å². The summed E-state index contributed by atoms with van der Waals surface area (Å²) in [6, 6.07) is 6.87. The number of likely N-dealkylation sites (N-methyl/N-ethyl adjacent to an activating group) is 1. The number of hydrogen-bond donors (Lipinski definition) is 2. The maximum atomic E-state index is 13.1. The molecule has 3 rings (SSSR count). The van der Waals surface area contributed by atoms with Crippen LogP contribution in [0.3, 0.4) is 0 Å². The van der Waals surface area contributed by atoms with Gasteiger partial charge >= 0.3 is 0 Å². The Balaban J connectivity index is 1.81. The molecule has 0 amide bonds. The molecule has 0 spiro atoms. The van der Waals surface area contributed by atoms with Crippen molar-refractivity contribution in [3.63, 3.8) is 0 Å². The van der Waals surface area contributed by atoms with Crippen LogP contribution in [0.1, 0.15) is 37.7 Å². The van der Waals surface area contributed by atoms with Crippen molar-refractivity contribution >= 4 is 0 Å². The highest BCUT2D eigenvalue weighted by Gasteiger charge is 2.33. The lowest BCUT2D eigenvalue weighted by molar-refractivity contribution is -1.02. The molecule has 2 aromatic rings. The molecule has 1 aromatic carbocycles. The molecule has 25 heavy (non-hydrogen) atoms. The highest BCUT2D eigenvalue weighted by molar-refractivity contribution is 5.16. The van der Waals surface area contributed by atoms with Crippen LogP contribution in [-0.4, -0.2) is 53.4 Å². The minimum atomic E-state index is -0.220. The molecule has 1 saturated heterocycles. The zero-order chi connectivity index (χ0) is 17.8. The largest absolute Gasteiger partial charge is 0.328 e. The Hall–Kier alpha value is -1.86. The van der Waals surface area contributed by atoms with E-state index in [9.17, 15) is 4.39 Å². The Bertz CT molecular complexity index is 660. The first-order chi connectivity index (χ1) is 12.0. The van der Waals surface area contributed by atoms with Gasteiger partial charge in [-0.2, -0.15) is 0 Å². The van der Waals surface area contributed by atoms with Crippen LogP contribution >= 0.6 is 0 Å². The lowest BCUT2D eigenvalue weighted by Crippen LogP contribution is -3.27. The molecule has 6 nitrogen and oxygen atoms in total. The quantitative estimate of drug-likeness (QED) is 0.730. The fourth-order valence-electron chi connectivity index (χ4n) is 3.61. The van der Waals surface area contributed by atoms with Crippen molar-refractivity contribution in [3.8, 4) is 0 Å². The van der Waals surface area contributed by atoms with Crippen LogP contribution in [0, 0.1) is 11.7 Å². The van der Waals surface area contributed by atoms with Crippen LogP contribution < -0.4 is 9.80 Å². The van der Waals surface area contributed by atoms with Crippen LogP contribution in [0.25, 0.3) is 0 Å². The first-order valence-electron chi connectivity index (χ1n) is 9.19. The van der Waals surface area contributed by atoms with E-state index in [-0.39, 0.29) is 5.82 Å². The average Bonchev–Trinajstić information content (AvgIpc) is 3.03. The van der Waals surface area contributed by atoms with Gasteiger partial charge in [0.15, 0.2) is 6.04 Å². The van der Waals surface area contributed by atoms with Gasteiger partial charge in [-0.05, 0) is 34.0 Å². The topological polar surface area (TPSA) is 52.5 Å². The second-order valence-corrected chi connectivity index (χ2v) is 7.62. The monoisotopic (exact) mass is 348 g/mol. The highest BCUT2D eigenvalue weighted by atomic mass is 19.1. The Morgan fingerprint density at radius 3 is 2.44 bits per heavy atom. The standard InChI is InChI=1S/C18H27FN6/c1-14(2)12-17(24-10-8-23(3)9-11-24)18-20-21-22-25(18)13-15-4-6-16(19)7-5-15/h4-7,14,17H,8-13H2,1-3H3/p+2/t17-/m0/s1. The van der Waals surface area contributed by atoms with Crippen molar-refractivity contribution in [1.29, 1.82) is 0 Å². The van der Waals surface area contributed by atoms with Crippen LogP contribution in [-0.2, 0) is 6.54 Å². The molecule has 7 heteroatoms. The Kier molecular flexibility index (Phi) is 5.75. The lowest BCUT2D eigenvalue weighted by atomic mass is 10.0. The molecule has 1 aliphatic heterocycles. The minimum Gasteiger partial charge on any atom is -0.328 e. The molecule has 0 aliphatic carbocycles. The van der Waals surface area contributed by atoms with Gasteiger partial charge in [-0.15, -0.1) is 5.10 Å². The van der Waals surface area contributed by atoms with E-state index in [4.69, 9.17) is 0 Å². The summed E-state index contributed by atoms with van der Waals surface area (Å²) < 4.78 is 15.0. The van der Waals surface area contributed by atoms with Gasteiger partial charge in [0.25, 0.3) is 0 Å². The summed E-state index contributed by atoms with van der Waals surface area (Å²) >= 11 is 0. The minimum absolute atomic E-state index is 0.220. The number of nitrogens with zero attached hydrogens (tertiary/aromatic N) is 4. The first-order valence-corrected chi connectivity index (χ1v) is 9.19. The number of rotatable bonds is 6. The van der Waals surface area contributed by atoms with E-state index in [1.54, 1.807) is 21.9 Å². The SMILES string of the molecule is CC(C)C[C@@H](c1nnnn1Cc1ccc(F)cc1)[NH+]1CC[NH+](C)CC1. The van der Waals surface area contributed by atoms with Gasteiger partial charge in [-0.3, -0.25) is 0 Å². The number of nitrogens with one attached hydrogen (secondary N) is 2. The van der Waals surface area contributed by atoms with E-state index in [2.05, 4.69) is 36.4 Å². The Morgan fingerprint density at radius 2 is 1.80 bits per heavy atom. The van der Waals surface area contributed by atoms with E-state index < -0.39 is 0 Å². The van der Waals surface area contributed by atoms with Crippen molar-refractivity contribution in [2.75, 3.05) is 33.2 Å². The summed E-state index contributed by atoms with van der Waals surface area (Å²) in [7, 11) is 2.26. The van der Waals surface area contributed by atoms with E-state index in [1.165, 1.54) is 25.2 Å². The number of aromatic nitrogens is 4. The number of hydrogen-bond acceptors (Lipinski definition) is 3. The third kappa shape index (κ3) is 4.61. The van der Waals surface area contributed by atoms with Crippen molar-refractivity contribution in [1.82, 2.24) is 20.2 Å². The summed E-state index contributed by atoms with van der Waals surface area (Å²) in [5, 5.41) is 12.5. The number of tetrazole rings is 1. The van der Waals surface area contributed by atoms with E-state index in [0.29, 0.717) is 18.5 Å². The molecule has 1 aromatic heterocycles. The average molecular weight is 348 g/mol. The van der Waals surface area contributed by atoms with Crippen LogP contribution in [0.15, 0.2) is 24.3 Å². The van der Waals surface area contributed by atoms with Crippen molar-refractivity contribution in [2.24, 2.45) is 5.92 Å². The second kappa shape index (κ2) is 8.01. The third-order valence-electron chi connectivity index (χ3n) is 5.06. The van der Waals surface area contributed by atoms with Gasteiger partial charge in [0.2, 0.25) is 5.82 Å². The number of halogens is 1. The maximum absolute atomic E-state index is 13.1. The molecular weight excluding hydrogens is 319 g/mol. The molecule has 0 bridgehead atoms. The van der Waals surface area contributed by atoms with Gasteiger partial charge in [0.1, 0.15) is 32.0 Å². The summed E-state index contributed by atoms with van der Waals surface area (Å²) in [5.74, 6) is 1.32. The molecule has 0 unspecified atom stereocenters. The summed E-state index contributed by atoms with van der Waals surface area (Å²) in [6.45, 7) is 9.74. The van der Waals surface area contributed by atoms with Gasteiger partial charge < -0.3 is 9.80 Å². The molecule has 2 heterocycles. The smallest absolute Gasteiger partial charge is 0.209 e. The van der Waals surface area contributed by atoms with Crippen LogP contribution in [0.5, 0.6) is 0 Å². The highest BCUT2D eigenvalue weighted by Crippen LogP contribution is 2.17. The molecule has 1 fully saturated rings. The maximum Gasteiger partial charge on any atom is 0.209 e. The molecule has 0 saturated carbocycles. The number of benzene rings is 1. The van der Waals surface area contributed by atoms with Crippen molar-refractivity contribution in [3.05, 3.63) is 41.5 Å². The van der Waals surface area contributed by atoms with E-state index in [0.717, 1.165) is 30.9 Å². The zero-order valence-electron chi connectivity index (χ0n) is 15.4. The zero-order valence-corrected chi connectivity index (χ0v) is 15.4.